The summed E-state index contributed by atoms with van der Waals surface area (Å²) in [5.41, 5.74) is 2.00. The summed E-state index contributed by atoms with van der Waals surface area (Å²) in [6, 6.07) is 8.55. The summed E-state index contributed by atoms with van der Waals surface area (Å²) in [5.74, 6) is 0.690. The Morgan fingerprint density at radius 2 is 2.20 bits per heavy atom. The van der Waals surface area contributed by atoms with Crippen LogP contribution in [-0.4, -0.2) is 35.6 Å². The average Bonchev–Trinajstić information content (AvgIpc) is 2.91. The molecule has 4 nitrogen and oxygen atoms in total. The van der Waals surface area contributed by atoms with Crippen LogP contribution in [0.15, 0.2) is 39.4 Å². The highest BCUT2D eigenvalue weighted by molar-refractivity contribution is 9.10. The largest absolute Gasteiger partial charge is 0.444 e. The molecular weight excluding hydrogens is 318 g/mol. The van der Waals surface area contributed by atoms with Gasteiger partial charge < -0.3 is 9.73 Å². The standard InChI is InChI=1S/C15H18BrN3O/c1-11-8-17-6-7-19(11)9-14-10-20-15(18-14)12-2-4-13(16)5-3-12/h2-5,10-11,17H,6-9H2,1H3/t11-/m1/s1. The van der Waals surface area contributed by atoms with E-state index in [-0.39, 0.29) is 0 Å². The van der Waals surface area contributed by atoms with Gasteiger partial charge in [0.25, 0.3) is 0 Å². The highest BCUT2D eigenvalue weighted by Crippen LogP contribution is 2.22. The molecule has 0 saturated carbocycles. The molecule has 3 rings (SSSR count). The lowest BCUT2D eigenvalue weighted by Gasteiger charge is -2.33. The minimum Gasteiger partial charge on any atom is -0.444 e. The number of piperazine rings is 1. The molecule has 1 aromatic heterocycles. The van der Waals surface area contributed by atoms with Crippen molar-refractivity contribution in [2.75, 3.05) is 19.6 Å². The number of halogens is 1. The molecule has 106 valence electrons. The summed E-state index contributed by atoms with van der Waals surface area (Å²) in [4.78, 5) is 7.02. The van der Waals surface area contributed by atoms with Gasteiger partial charge in [-0.3, -0.25) is 4.90 Å². The molecule has 0 radical (unpaired) electrons. The SMILES string of the molecule is C[C@@H]1CNCCN1Cc1coc(-c2ccc(Br)cc2)n1. The van der Waals surface area contributed by atoms with E-state index in [0.717, 1.165) is 41.9 Å². The second-order valence-corrected chi connectivity index (χ2v) is 6.09. The molecule has 2 aromatic rings. The van der Waals surface area contributed by atoms with Crippen molar-refractivity contribution in [1.29, 1.82) is 0 Å². The van der Waals surface area contributed by atoms with E-state index in [1.165, 1.54) is 0 Å². The van der Waals surface area contributed by atoms with Crippen LogP contribution in [-0.2, 0) is 6.54 Å². The summed E-state index contributed by atoms with van der Waals surface area (Å²) in [6.07, 6.45) is 1.77. The maximum Gasteiger partial charge on any atom is 0.226 e. The molecule has 0 bridgehead atoms. The Morgan fingerprint density at radius 1 is 1.40 bits per heavy atom. The van der Waals surface area contributed by atoms with Gasteiger partial charge in [0.15, 0.2) is 0 Å². The molecule has 1 N–H and O–H groups in total. The van der Waals surface area contributed by atoms with Crippen LogP contribution in [0.3, 0.4) is 0 Å². The minimum atomic E-state index is 0.539. The fourth-order valence-electron chi connectivity index (χ4n) is 2.43. The molecule has 20 heavy (non-hydrogen) atoms. The number of oxazole rings is 1. The third-order valence-corrected chi connectivity index (χ3v) is 4.18. The Bertz CT molecular complexity index is 567. The van der Waals surface area contributed by atoms with Gasteiger partial charge >= 0.3 is 0 Å². The quantitative estimate of drug-likeness (QED) is 0.936. The van der Waals surface area contributed by atoms with Crippen LogP contribution in [0.25, 0.3) is 11.5 Å². The molecule has 1 saturated heterocycles. The van der Waals surface area contributed by atoms with Gasteiger partial charge in [-0.1, -0.05) is 15.9 Å². The number of hydrogen-bond acceptors (Lipinski definition) is 4. The van der Waals surface area contributed by atoms with Crippen molar-refractivity contribution < 1.29 is 4.42 Å². The van der Waals surface area contributed by atoms with Crippen LogP contribution in [0.4, 0.5) is 0 Å². The molecule has 1 aliphatic rings. The molecule has 0 unspecified atom stereocenters. The van der Waals surface area contributed by atoms with E-state index in [0.29, 0.717) is 11.9 Å². The maximum atomic E-state index is 5.60. The zero-order valence-electron chi connectivity index (χ0n) is 11.5. The second kappa shape index (κ2) is 6.08. The Kier molecular flexibility index (Phi) is 4.19. The summed E-state index contributed by atoms with van der Waals surface area (Å²) in [7, 11) is 0. The second-order valence-electron chi connectivity index (χ2n) is 5.17. The summed E-state index contributed by atoms with van der Waals surface area (Å²) in [6.45, 7) is 6.23. The van der Waals surface area contributed by atoms with Crippen molar-refractivity contribution >= 4 is 15.9 Å². The van der Waals surface area contributed by atoms with Crippen molar-refractivity contribution in [2.24, 2.45) is 0 Å². The fourth-order valence-corrected chi connectivity index (χ4v) is 2.70. The van der Waals surface area contributed by atoms with E-state index < -0.39 is 0 Å². The van der Waals surface area contributed by atoms with Gasteiger partial charge in [0.2, 0.25) is 5.89 Å². The number of aromatic nitrogens is 1. The van der Waals surface area contributed by atoms with E-state index in [2.05, 4.69) is 38.1 Å². The third-order valence-electron chi connectivity index (χ3n) is 3.65. The molecular formula is C15H18BrN3O. The zero-order valence-corrected chi connectivity index (χ0v) is 13.1. The molecule has 1 fully saturated rings. The molecule has 5 heteroatoms. The molecule has 0 spiro atoms. The number of rotatable bonds is 3. The number of nitrogens with one attached hydrogen (secondary N) is 1. The van der Waals surface area contributed by atoms with Crippen molar-refractivity contribution in [3.63, 3.8) is 0 Å². The van der Waals surface area contributed by atoms with E-state index in [4.69, 9.17) is 4.42 Å². The highest BCUT2D eigenvalue weighted by atomic mass is 79.9. The number of hydrogen-bond donors (Lipinski definition) is 1. The molecule has 1 atom stereocenters. The van der Waals surface area contributed by atoms with E-state index in [9.17, 15) is 0 Å². The van der Waals surface area contributed by atoms with E-state index >= 15 is 0 Å². The summed E-state index contributed by atoms with van der Waals surface area (Å²) in [5, 5.41) is 3.40. The van der Waals surface area contributed by atoms with Gasteiger partial charge in [-0.15, -0.1) is 0 Å². The first-order valence-electron chi connectivity index (χ1n) is 6.87. The lowest BCUT2D eigenvalue weighted by molar-refractivity contribution is 0.163. The third kappa shape index (κ3) is 3.11. The van der Waals surface area contributed by atoms with Gasteiger partial charge in [-0.25, -0.2) is 4.98 Å². The van der Waals surface area contributed by atoms with Crippen LogP contribution in [0.5, 0.6) is 0 Å². The van der Waals surface area contributed by atoms with Gasteiger partial charge in [0, 0.05) is 42.3 Å². The molecule has 0 amide bonds. The topological polar surface area (TPSA) is 41.3 Å². The first-order valence-corrected chi connectivity index (χ1v) is 7.67. The first kappa shape index (κ1) is 13.8. The average molecular weight is 336 g/mol. The van der Waals surface area contributed by atoms with Gasteiger partial charge in [-0.2, -0.15) is 0 Å². The molecule has 2 heterocycles. The lowest BCUT2D eigenvalue weighted by atomic mass is 10.2. The van der Waals surface area contributed by atoms with Crippen LogP contribution in [0, 0.1) is 0 Å². The number of benzene rings is 1. The summed E-state index contributed by atoms with van der Waals surface area (Å²) < 4.78 is 6.66. The predicted molar refractivity (Wildman–Crippen MR) is 82.4 cm³/mol. The molecule has 1 aliphatic heterocycles. The molecule has 1 aromatic carbocycles. The monoisotopic (exact) mass is 335 g/mol. The van der Waals surface area contributed by atoms with Crippen molar-refractivity contribution in [2.45, 2.75) is 19.5 Å². The van der Waals surface area contributed by atoms with E-state index in [1.807, 2.05) is 24.3 Å². The van der Waals surface area contributed by atoms with Crippen LogP contribution >= 0.6 is 15.9 Å². The lowest BCUT2D eigenvalue weighted by Crippen LogP contribution is -2.49. The van der Waals surface area contributed by atoms with Crippen LogP contribution in [0.1, 0.15) is 12.6 Å². The van der Waals surface area contributed by atoms with Gasteiger partial charge in [0.05, 0.1) is 5.69 Å². The Balaban J connectivity index is 1.71. The zero-order chi connectivity index (χ0) is 13.9. The van der Waals surface area contributed by atoms with Crippen molar-refractivity contribution in [1.82, 2.24) is 15.2 Å². The highest BCUT2D eigenvalue weighted by Gasteiger charge is 2.19. The van der Waals surface area contributed by atoms with Crippen LogP contribution in [0.2, 0.25) is 0 Å². The maximum absolute atomic E-state index is 5.60. The smallest absolute Gasteiger partial charge is 0.226 e. The van der Waals surface area contributed by atoms with Crippen molar-refractivity contribution in [3.8, 4) is 11.5 Å². The van der Waals surface area contributed by atoms with Gasteiger partial charge in [-0.05, 0) is 31.2 Å². The Hall–Kier alpha value is -1.17. The Labute approximate surface area is 127 Å². The van der Waals surface area contributed by atoms with E-state index in [1.54, 1.807) is 6.26 Å². The van der Waals surface area contributed by atoms with Crippen molar-refractivity contribution in [3.05, 3.63) is 40.7 Å². The van der Waals surface area contributed by atoms with Gasteiger partial charge in [0.1, 0.15) is 6.26 Å². The predicted octanol–water partition coefficient (Wildman–Crippen LogP) is 2.90. The normalized spacial score (nSPS) is 20.2. The van der Waals surface area contributed by atoms with Crippen LogP contribution < -0.4 is 5.32 Å². The first-order chi connectivity index (χ1) is 9.72. The Morgan fingerprint density at radius 3 is 2.95 bits per heavy atom. The number of nitrogens with zero attached hydrogens (tertiary/aromatic N) is 2. The molecule has 0 aliphatic carbocycles. The minimum absolute atomic E-state index is 0.539. The summed E-state index contributed by atoms with van der Waals surface area (Å²) >= 11 is 3.43. The fraction of sp³-hybridized carbons (Fsp3) is 0.400.